The number of thiophene rings is 1. The van der Waals surface area contributed by atoms with Crippen LogP contribution < -0.4 is 0 Å². The third-order valence-corrected chi connectivity index (χ3v) is 6.93. The lowest BCUT2D eigenvalue weighted by molar-refractivity contribution is 0.0764. The summed E-state index contributed by atoms with van der Waals surface area (Å²) in [5.41, 5.74) is 0. The quantitative estimate of drug-likeness (QED) is 0.662. The van der Waals surface area contributed by atoms with Crippen LogP contribution in [0.3, 0.4) is 0 Å². The predicted octanol–water partition coefficient (Wildman–Crippen LogP) is 5.32. The molecule has 0 bridgehead atoms. The molecule has 1 amide bonds. The van der Waals surface area contributed by atoms with Crippen molar-refractivity contribution in [3.05, 3.63) is 19.2 Å². The zero-order chi connectivity index (χ0) is 13.8. The number of halogens is 2. The van der Waals surface area contributed by atoms with E-state index >= 15 is 0 Å². The molecule has 1 saturated heterocycles. The van der Waals surface area contributed by atoms with Crippen molar-refractivity contribution in [2.45, 2.75) is 39.0 Å². The molecule has 2 rings (SSSR count). The van der Waals surface area contributed by atoms with Crippen LogP contribution in [0.4, 0.5) is 0 Å². The fraction of sp³-hybridized carbons (Fsp3) is 0.643. The maximum atomic E-state index is 12.5. The van der Waals surface area contributed by atoms with Crippen molar-refractivity contribution in [1.82, 2.24) is 4.90 Å². The molecule has 2 heterocycles. The van der Waals surface area contributed by atoms with E-state index in [4.69, 9.17) is 0 Å². The highest BCUT2D eigenvalue weighted by atomic mass is 79.9. The molecule has 1 unspecified atom stereocenters. The van der Waals surface area contributed by atoms with E-state index in [0.717, 1.165) is 45.0 Å². The Labute approximate surface area is 135 Å². The average molecular weight is 409 g/mol. The number of rotatable bonds is 3. The van der Waals surface area contributed by atoms with Crippen molar-refractivity contribution in [2.24, 2.45) is 5.92 Å². The van der Waals surface area contributed by atoms with E-state index in [2.05, 4.69) is 38.8 Å². The largest absolute Gasteiger partial charge is 0.338 e. The first-order valence-corrected chi connectivity index (χ1v) is 9.26. The molecule has 1 atom stereocenters. The Morgan fingerprint density at radius 2 is 2.21 bits per heavy atom. The van der Waals surface area contributed by atoms with Gasteiger partial charge in [-0.1, -0.05) is 19.8 Å². The molecular weight excluding hydrogens is 390 g/mol. The lowest BCUT2D eigenvalue weighted by Gasteiger charge is -2.19. The molecule has 0 saturated carbocycles. The minimum Gasteiger partial charge on any atom is -0.338 e. The summed E-state index contributed by atoms with van der Waals surface area (Å²) >= 11 is 8.41. The molecule has 1 aromatic heterocycles. The molecule has 0 aromatic carbocycles. The van der Waals surface area contributed by atoms with Crippen LogP contribution in [0, 0.1) is 5.92 Å². The molecule has 1 aliphatic heterocycles. The Hall–Kier alpha value is 0.130. The minimum atomic E-state index is 0.188. The smallest absolute Gasteiger partial charge is 0.264 e. The van der Waals surface area contributed by atoms with Crippen molar-refractivity contribution in [1.29, 1.82) is 0 Å². The molecule has 0 radical (unpaired) electrons. The summed E-state index contributed by atoms with van der Waals surface area (Å²) in [5.74, 6) is 0.998. The van der Waals surface area contributed by atoms with E-state index in [1.54, 1.807) is 0 Å². The number of hydrogen-bond donors (Lipinski definition) is 0. The molecule has 5 heteroatoms. The van der Waals surface area contributed by atoms with Crippen molar-refractivity contribution in [3.8, 4) is 0 Å². The fourth-order valence-corrected chi connectivity index (χ4v) is 4.68. The van der Waals surface area contributed by atoms with Gasteiger partial charge in [-0.25, -0.2) is 0 Å². The number of nitrogens with zero attached hydrogens (tertiary/aromatic N) is 1. The summed E-state index contributed by atoms with van der Waals surface area (Å²) in [6, 6.07) is 1.92. The SMILES string of the molecule is CCCC1CCCN(C(=O)c2cc(Br)c(Br)s2)CC1. The van der Waals surface area contributed by atoms with Gasteiger partial charge in [0.05, 0.1) is 8.66 Å². The monoisotopic (exact) mass is 407 g/mol. The van der Waals surface area contributed by atoms with Crippen LogP contribution in [-0.2, 0) is 0 Å². The first-order valence-electron chi connectivity index (χ1n) is 6.86. The summed E-state index contributed by atoms with van der Waals surface area (Å²) in [4.78, 5) is 15.3. The second-order valence-electron chi connectivity index (χ2n) is 5.11. The standard InChI is InChI=1S/C14H19Br2NOS/c1-2-4-10-5-3-7-17(8-6-10)14(18)12-9-11(15)13(16)19-12/h9-10H,2-8H2,1H3. The molecule has 1 aromatic rings. The van der Waals surface area contributed by atoms with Crippen LogP contribution >= 0.6 is 43.2 Å². The third kappa shape index (κ3) is 4.05. The second kappa shape index (κ2) is 7.23. The molecular formula is C14H19Br2NOS. The van der Waals surface area contributed by atoms with Gasteiger partial charge in [0, 0.05) is 17.6 Å². The van der Waals surface area contributed by atoms with Gasteiger partial charge in [-0.3, -0.25) is 4.79 Å². The molecule has 19 heavy (non-hydrogen) atoms. The van der Waals surface area contributed by atoms with Gasteiger partial charge in [0.1, 0.15) is 0 Å². The number of hydrogen-bond acceptors (Lipinski definition) is 2. The molecule has 0 spiro atoms. The Morgan fingerprint density at radius 1 is 1.42 bits per heavy atom. The number of amides is 1. The Balaban J connectivity index is 1.99. The zero-order valence-corrected chi connectivity index (χ0v) is 15.1. The van der Waals surface area contributed by atoms with Crippen LogP contribution in [0.2, 0.25) is 0 Å². The average Bonchev–Trinajstić information content (AvgIpc) is 2.61. The Kier molecular flexibility index (Phi) is 5.90. The van der Waals surface area contributed by atoms with Crippen LogP contribution in [0.5, 0.6) is 0 Å². The van der Waals surface area contributed by atoms with Crippen molar-refractivity contribution in [2.75, 3.05) is 13.1 Å². The zero-order valence-electron chi connectivity index (χ0n) is 11.1. The van der Waals surface area contributed by atoms with Crippen molar-refractivity contribution < 1.29 is 4.79 Å². The fourth-order valence-electron chi connectivity index (χ4n) is 2.67. The maximum absolute atomic E-state index is 12.5. The van der Waals surface area contributed by atoms with Crippen LogP contribution in [-0.4, -0.2) is 23.9 Å². The molecule has 0 aliphatic carbocycles. The van der Waals surface area contributed by atoms with Crippen LogP contribution in [0.25, 0.3) is 0 Å². The number of likely N-dealkylation sites (tertiary alicyclic amines) is 1. The van der Waals surface area contributed by atoms with Gasteiger partial charge in [0.25, 0.3) is 5.91 Å². The molecule has 1 fully saturated rings. The lowest BCUT2D eigenvalue weighted by Crippen LogP contribution is -2.31. The summed E-state index contributed by atoms with van der Waals surface area (Å²) < 4.78 is 1.97. The third-order valence-electron chi connectivity index (χ3n) is 3.69. The van der Waals surface area contributed by atoms with Crippen molar-refractivity contribution >= 4 is 49.1 Å². The molecule has 0 N–H and O–H groups in total. The van der Waals surface area contributed by atoms with E-state index in [1.165, 1.54) is 30.6 Å². The van der Waals surface area contributed by atoms with Gasteiger partial charge < -0.3 is 4.90 Å². The van der Waals surface area contributed by atoms with Gasteiger partial charge >= 0.3 is 0 Å². The van der Waals surface area contributed by atoms with Gasteiger partial charge in [-0.05, 0) is 63.1 Å². The van der Waals surface area contributed by atoms with Gasteiger partial charge in [-0.2, -0.15) is 0 Å². The number of carbonyl (C=O) groups excluding carboxylic acids is 1. The molecule has 1 aliphatic rings. The normalized spacial score (nSPS) is 20.4. The summed E-state index contributed by atoms with van der Waals surface area (Å²) in [6.45, 7) is 4.07. The first-order chi connectivity index (χ1) is 9.11. The van der Waals surface area contributed by atoms with Crippen LogP contribution in [0.1, 0.15) is 48.7 Å². The maximum Gasteiger partial charge on any atom is 0.264 e. The highest BCUT2D eigenvalue weighted by Crippen LogP contribution is 2.33. The van der Waals surface area contributed by atoms with Gasteiger partial charge in [0.15, 0.2) is 0 Å². The Morgan fingerprint density at radius 3 is 2.84 bits per heavy atom. The van der Waals surface area contributed by atoms with E-state index in [-0.39, 0.29) is 5.91 Å². The highest BCUT2D eigenvalue weighted by molar-refractivity contribution is 9.13. The minimum absolute atomic E-state index is 0.188. The van der Waals surface area contributed by atoms with E-state index in [1.807, 2.05) is 11.0 Å². The van der Waals surface area contributed by atoms with Crippen LogP contribution in [0.15, 0.2) is 14.3 Å². The summed E-state index contributed by atoms with van der Waals surface area (Å²) in [7, 11) is 0. The molecule has 2 nitrogen and oxygen atoms in total. The van der Waals surface area contributed by atoms with E-state index < -0.39 is 0 Å². The van der Waals surface area contributed by atoms with E-state index in [9.17, 15) is 4.79 Å². The van der Waals surface area contributed by atoms with E-state index in [0.29, 0.717) is 0 Å². The van der Waals surface area contributed by atoms with Crippen molar-refractivity contribution in [3.63, 3.8) is 0 Å². The van der Waals surface area contributed by atoms with Gasteiger partial charge in [-0.15, -0.1) is 11.3 Å². The number of carbonyl (C=O) groups is 1. The second-order valence-corrected chi connectivity index (χ2v) is 8.33. The summed E-state index contributed by atoms with van der Waals surface area (Å²) in [6.07, 6.45) is 6.13. The predicted molar refractivity (Wildman–Crippen MR) is 87.9 cm³/mol. The highest BCUT2D eigenvalue weighted by Gasteiger charge is 2.22. The topological polar surface area (TPSA) is 20.3 Å². The Bertz CT molecular complexity index is 427. The summed E-state index contributed by atoms with van der Waals surface area (Å²) in [5, 5.41) is 0. The molecule has 106 valence electrons. The lowest BCUT2D eigenvalue weighted by atomic mass is 9.96. The first kappa shape index (κ1) is 15.5. The van der Waals surface area contributed by atoms with Gasteiger partial charge in [0.2, 0.25) is 0 Å².